The summed E-state index contributed by atoms with van der Waals surface area (Å²) in [5.41, 5.74) is 0.940. The van der Waals surface area contributed by atoms with Crippen molar-refractivity contribution in [3.63, 3.8) is 0 Å². The monoisotopic (exact) mass is 263 g/mol. The molecule has 1 aliphatic rings. The Bertz CT molecular complexity index is 898. The Kier molecular flexibility index (Phi) is 2.24. The number of nitrogens with zero attached hydrogens (tertiary/aromatic N) is 1. The molecule has 0 saturated carbocycles. The minimum Gasteiger partial charge on any atom is -0.290 e. The van der Waals surface area contributed by atoms with E-state index in [1.54, 1.807) is 6.07 Å². The van der Waals surface area contributed by atoms with E-state index in [0.29, 0.717) is 11.3 Å². The molecule has 4 rings (SSSR count). The average Bonchev–Trinajstić information content (AvgIpc) is 2.50. The Morgan fingerprint density at radius 1 is 0.900 bits per heavy atom. The van der Waals surface area contributed by atoms with Crippen LogP contribution < -0.4 is 0 Å². The van der Waals surface area contributed by atoms with E-state index < -0.39 is 12.0 Å². The van der Waals surface area contributed by atoms with Gasteiger partial charge in [0.1, 0.15) is 0 Å². The van der Waals surface area contributed by atoms with E-state index in [1.807, 2.05) is 42.5 Å². The summed E-state index contributed by atoms with van der Waals surface area (Å²) < 4.78 is 13.4. The van der Waals surface area contributed by atoms with Crippen molar-refractivity contribution < 1.29 is 9.18 Å². The second-order valence-electron chi connectivity index (χ2n) is 4.89. The zero-order valence-electron chi connectivity index (χ0n) is 10.5. The van der Waals surface area contributed by atoms with Gasteiger partial charge in [0.25, 0.3) is 0 Å². The van der Waals surface area contributed by atoms with Crippen LogP contribution in [0.4, 0.5) is 10.1 Å². The van der Waals surface area contributed by atoms with Crippen molar-refractivity contribution in [3.8, 4) is 0 Å². The van der Waals surface area contributed by atoms with Gasteiger partial charge in [-0.15, -0.1) is 0 Å². The number of carbonyl (C=O) groups excluding carboxylic acids is 1. The van der Waals surface area contributed by atoms with E-state index in [0.717, 1.165) is 27.8 Å². The predicted octanol–water partition coefficient (Wildman–Crippen LogP) is 4.23. The third-order valence-corrected chi connectivity index (χ3v) is 3.75. The first-order valence-corrected chi connectivity index (χ1v) is 6.42. The highest BCUT2D eigenvalue weighted by atomic mass is 19.1. The molecule has 3 aromatic carbocycles. The quantitative estimate of drug-likeness (QED) is 0.558. The molecule has 96 valence electrons. The number of benzene rings is 3. The van der Waals surface area contributed by atoms with Crippen LogP contribution in [0.2, 0.25) is 0 Å². The summed E-state index contributed by atoms with van der Waals surface area (Å²) in [6.07, 6.45) is -0.542. The van der Waals surface area contributed by atoms with Crippen LogP contribution in [-0.2, 0) is 0 Å². The van der Waals surface area contributed by atoms with Gasteiger partial charge in [-0.2, -0.15) is 0 Å². The first kappa shape index (κ1) is 11.3. The number of halogens is 1. The molecule has 0 aliphatic carbocycles. The minimum absolute atomic E-state index is 0.364. The van der Waals surface area contributed by atoms with Gasteiger partial charge >= 0.3 is 0 Å². The van der Waals surface area contributed by atoms with Crippen molar-refractivity contribution in [2.45, 2.75) is 6.17 Å². The molecule has 1 heterocycles. The van der Waals surface area contributed by atoms with Crippen LogP contribution in [0.3, 0.4) is 0 Å². The van der Waals surface area contributed by atoms with Gasteiger partial charge in [-0.25, -0.2) is 4.39 Å². The number of rotatable bonds is 0. The standard InChI is InChI=1S/C17H10FNO/c18-15-9-19-16-13-6-5-10-3-1-2-4-11(10)12(13)7-8-14(16)17(15)20/h1-9,15H. The topological polar surface area (TPSA) is 29.4 Å². The summed E-state index contributed by atoms with van der Waals surface area (Å²) in [6.45, 7) is 0. The average molecular weight is 263 g/mol. The van der Waals surface area contributed by atoms with Gasteiger partial charge in [0, 0.05) is 17.2 Å². The van der Waals surface area contributed by atoms with Crippen molar-refractivity contribution in [1.29, 1.82) is 0 Å². The van der Waals surface area contributed by atoms with E-state index in [1.165, 1.54) is 0 Å². The Labute approximate surface area is 114 Å². The molecule has 0 spiro atoms. The van der Waals surface area contributed by atoms with Gasteiger partial charge < -0.3 is 0 Å². The fourth-order valence-electron chi connectivity index (χ4n) is 2.77. The van der Waals surface area contributed by atoms with E-state index >= 15 is 0 Å². The molecule has 0 fully saturated rings. The summed E-state index contributed by atoms with van der Waals surface area (Å²) in [7, 11) is 0. The Morgan fingerprint density at radius 3 is 2.60 bits per heavy atom. The van der Waals surface area contributed by atoms with E-state index in [4.69, 9.17) is 0 Å². The van der Waals surface area contributed by atoms with Crippen LogP contribution >= 0.6 is 0 Å². The van der Waals surface area contributed by atoms with Crippen molar-refractivity contribution >= 4 is 39.2 Å². The van der Waals surface area contributed by atoms with Crippen LogP contribution in [0.1, 0.15) is 10.4 Å². The molecule has 20 heavy (non-hydrogen) atoms. The third kappa shape index (κ3) is 1.43. The number of fused-ring (bicyclic) bond motifs is 5. The second-order valence-corrected chi connectivity index (χ2v) is 4.89. The fourth-order valence-corrected chi connectivity index (χ4v) is 2.77. The highest BCUT2D eigenvalue weighted by Crippen LogP contribution is 2.36. The molecule has 0 amide bonds. The summed E-state index contributed by atoms with van der Waals surface area (Å²) >= 11 is 0. The summed E-state index contributed by atoms with van der Waals surface area (Å²) in [5, 5.41) is 4.16. The maximum absolute atomic E-state index is 13.4. The number of aliphatic imine (C=N–C) groups is 1. The fraction of sp³-hybridized carbons (Fsp3) is 0.0588. The molecule has 1 unspecified atom stereocenters. The lowest BCUT2D eigenvalue weighted by molar-refractivity contribution is 0.0927. The minimum atomic E-state index is -1.62. The molecule has 3 aromatic rings. The highest BCUT2D eigenvalue weighted by Gasteiger charge is 2.25. The third-order valence-electron chi connectivity index (χ3n) is 3.75. The Balaban J connectivity index is 2.15. The van der Waals surface area contributed by atoms with Crippen molar-refractivity contribution in [1.82, 2.24) is 0 Å². The smallest absolute Gasteiger partial charge is 0.204 e. The molecule has 0 aromatic heterocycles. The Hall–Kier alpha value is -2.55. The normalized spacial score (nSPS) is 17.6. The SMILES string of the molecule is O=C1c2ccc3c(ccc4ccccc43)c2N=CC1F. The Morgan fingerprint density at radius 2 is 1.70 bits per heavy atom. The maximum Gasteiger partial charge on any atom is 0.204 e. The molecule has 0 bridgehead atoms. The number of hydrogen-bond acceptors (Lipinski definition) is 2. The van der Waals surface area contributed by atoms with Gasteiger partial charge in [-0.05, 0) is 22.2 Å². The van der Waals surface area contributed by atoms with E-state index in [2.05, 4.69) is 4.99 Å². The molecule has 3 heteroatoms. The van der Waals surface area contributed by atoms with Crippen molar-refractivity contribution in [3.05, 3.63) is 54.1 Å². The molecule has 0 saturated heterocycles. The second kappa shape index (κ2) is 3.97. The first-order chi connectivity index (χ1) is 9.75. The number of carbonyl (C=O) groups is 1. The largest absolute Gasteiger partial charge is 0.290 e. The van der Waals surface area contributed by atoms with Crippen LogP contribution in [0, 0.1) is 0 Å². The molecule has 2 nitrogen and oxygen atoms in total. The molecular weight excluding hydrogens is 253 g/mol. The summed E-state index contributed by atoms with van der Waals surface area (Å²) in [6, 6.07) is 15.5. The van der Waals surface area contributed by atoms with Crippen LogP contribution in [-0.4, -0.2) is 18.2 Å². The van der Waals surface area contributed by atoms with Crippen molar-refractivity contribution in [2.75, 3.05) is 0 Å². The lowest BCUT2D eigenvalue weighted by Gasteiger charge is -2.14. The van der Waals surface area contributed by atoms with Gasteiger partial charge in [0.05, 0.1) is 5.69 Å². The van der Waals surface area contributed by atoms with Gasteiger partial charge in [0.2, 0.25) is 5.78 Å². The molecule has 0 N–H and O–H groups in total. The first-order valence-electron chi connectivity index (χ1n) is 6.42. The number of ketones is 1. The number of Topliss-reactive ketones (excluding diaryl/α,β-unsaturated/α-hetero) is 1. The summed E-state index contributed by atoms with van der Waals surface area (Å²) in [4.78, 5) is 16.0. The van der Waals surface area contributed by atoms with Gasteiger partial charge in [-0.3, -0.25) is 9.79 Å². The molecule has 1 aliphatic heterocycles. The van der Waals surface area contributed by atoms with Crippen LogP contribution in [0.15, 0.2) is 53.5 Å². The summed E-state index contributed by atoms with van der Waals surface area (Å²) in [5.74, 6) is -0.509. The predicted molar refractivity (Wildman–Crippen MR) is 78.8 cm³/mol. The van der Waals surface area contributed by atoms with Crippen LogP contribution in [0.25, 0.3) is 21.5 Å². The van der Waals surface area contributed by atoms with E-state index in [-0.39, 0.29) is 0 Å². The molecule has 1 atom stereocenters. The highest BCUT2D eigenvalue weighted by molar-refractivity contribution is 6.21. The van der Waals surface area contributed by atoms with Gasteiger partial charge in [-0.1, -0.05) is 42.5 Å². The number of hydrogen-bond donors (Lipinski definition) is 0. The lowest BCUT2D eigenvalue weighted by atomic mass is 9.94. The lowest BCUT2D eigenvalue weighted by Crippen LogP contribution is -2.20. The van der Waals surface area contributed by atoms with Crippen LogP contribution in [0.5, 0.6) is 0 Å². The number of alkyl halides is 1. The molecule has 0 radical (unpaired) electrons. The zero-order chi connectivity index (χ0) is 13.7. The van der Waals surface area contributed by atoms with Gasteiger partial charge in [0.15, 0.2) is 6.17 Å². The maximum atomic E-state index is 13.4. The molecular formula is C17H10FNO. The van der Waals surface area contributed by atoms with E-state index in [9.17, 15) is 9.18 Å². The zero-order valence-corrected chi connectivity index (χ0v) is 10.5. The van der Waals surface area contributed by atoms with Crippen molar-refractivity contribution in [2.24, 2.45) is 4.99 Å².